The molecule has 3 rings (SSSR count). The zero-order chi connectivity index (χ0) is 20.1. The fourth-order valence-corrected chi connectivity index (χ4v) is 3.50. The molecule has 1 aromatic heterocycles. The van der Waals surface area contributed by atoms with Crippen molar-refractivity contribution in [1.29, 1.82) is 5.26 Å². The Bertz CT molecular complexity index is 1060. The highest BCUT2D eigenvalue weighted by Crippen LogP contribution is 2.33. The smallest absolute Gasteiger partial charge is 0.161 e. The number of aromatic nitrogens is 1. The lowest BCUT2D eigenvalue weighted by atomic mass is 10.1. The van der Waals surface area contributed by atoms with Crippen LogP contribution in [0.1, 0.15) is 16.1 Å². The van der Waals surface area contributed by atoms with Gasteiger partial charge in [0.05, 0.1) is 19.9 Å². The lowest BCUT2D eigenvalue weighted by molar-refractivity contribution is 0.355. The number of methoxy groups -OCH3 is 2. The molecule has 5 nitrogen and oxygen atoms in total. The van der Waals surface area contributed by atoms with Gasteiger partial charge in [-0.15, -0.1) is 11.3 Å². The van der Waals surface area contributed by atoms with E-state index >= 15 is 0 Å². The summed E-state index contributed by atoms with van der Waals surface area (Å²) in [4.78, 5) is 4.63. The quantitative estimate of drug-likeness (QED) is 0.568. The largest absolute Gasteiger partial charge is 0.493 e. The van der Waals surface area contributed by atoms with Crippen LogP contribution in [-0.2, 0) is 0 Å². The molecule has 0 saturated carbocycles. The summed E-state index contributed by atoms with van der Waals surface area (Å²) in [5.41, 5.74) is 5.42. The van der Waals surface area contributed by atoms with Gasteiger partial charge >= 0.3 is 0 Å². The molecule has 0 bridgehead atoms. The van der Waals surface area contributed by atoms with Crippen LogP contribution in [0.5, 0.6) is 11.5 Å². The maximum absolute atomic E-state index is 9.58. The summed E-state index contributed by atoms with van der Waals surface area (Å²) in [6.07, 6.45) is 1.71. The zero-order valence-electron chi connectivity index (χ0n) is 16.2. The summed E-state index contributed by atoms with van der Waals surface area (Å²) in [5.74, 6) is 1.30. The molecule has 0 radical (unpaired) electrons. The minimum Gasteiger partial charge on any atom is -0.493 e. The van der Waals surface area contributed by atoms with Crippen LogP contribution in [0.15, 0.2) is 48.0 Å². The van der Waals surface area contributed by atoms with Gasteiger partial charge in [-0.05, 0) is 49.2 Å². The monoisotopic (exact) mass is 391 g/mol. The number of thiazole rings is 1. The van der Waals surface area contributed by atoms with Gasteiger partial charge in [-0.3, -0.25) is 0 Å². The van der Waals surface area contributed by atoms with E-state index in [-0.39, 0.29) is 0 Å². The number of allylic oxidation sites excluding steroid dienone is 1. The molecular formula is C22H21N3O2S. The third kappa shape index (κ3) is 4.16. The molecule has 0 atom stereocenters. The summed E-state index contributed by atoms with van der Waals surface area (Å²) < 4.78 is 10.6. The van der Waals surface area contributed by atoms with Crippen LogP contribution in [0, 0.1) is 25.2 Å². The fourth-order valence-electron chi connectivity index (χ4n) is 2.71. The molecule has 0 aliphatic heterocycles. The van der Waals surface area contributed by atoms with E-state index in [0.717, 1.165) is 28.1 Å². The number of nitrogens with zero attached hydrogens (tertiary/aromatic N) is 2. The predicted molar refractivity (Wildman–Crippen MR) is 114 cm³/mol. The molecule has 1 N–H and O–H groups in total. The number of benzene rings is 2. The first-order valence-electron chi connectivity index (χ1n) is 8.68. The normalized spacial score (nSPS) is 11.0. The van der Waals surface area contributed by atoms with Crippen LogP contribution in [0.2, 0.25) is 0 Å². The summed E-state index contributed by atoms with van der Waals surface area (Å²) in [7, 11) is 3.20. The van der Waals surface area contributed by atoms with Gasteiger partial charge in [-0.1, -0.05) is 12.1 Å². The maximum Gasteiger partial charge on any atom is 0.161 e. The molecule has 0 aliphatic rings. The van der Waals surface area contributed by atoms with Gasteiger partial charge < -0.3 is 14.8 Å². The Morgan fingerprint density at radius 2 is 1.89 bits per heavy atom. The minimum absolute atomic E-state index is 0.484. The Morgan fingerprint density at radius 3 is 2.61 bits per heavy atom. The van der Waals surface area contributed by atoms with Crippen molar-refractivity contribution in [3.05, 3.63) is 64.1 Å². The number of hydrogen-bond acceptors (Lipinski definition) is 6. The van der Waals surface area contributed by atoms with Gasteiger partial charge in [0.25, 0.3) is 0 Å². The first-order chi connectivity index (χ1) is 13.5. The second-order valence-electron chi connectivity index (χ2n) is 6.24. The third-order valence-corrected chi connectivity index (χ3v) is 5.18. The van der Waals surface area contributed by atoms with E-state index in [2.05, 4.69) is 34.6 Å². The maximum atomic E-state index is 9.58. The minimum atomic E-state index is 0.484. The number of anilines is 1. The Hall–Kier alpha value is -3.30. The summed E-state index contributed by atoms with van der Waals surface area (Å²) >= 11 is 1.43. The van der Waals surface area contributed by atoms with Gasteiger partial charge in [0.2, 0.25) is 0 Å². The molecule has 0 spiro atoms. The van der Waals surface area contributed by atoms with Gasteiger partial charge in [0.1, 0.15) is 16.6 Å². The van der Waals surface area contributed by atoms with Gasteiger partial charge in [-0.2, -0.15) is 5.26 Å². The highest BCUT2D eigenvalue weighted by molar-refractivity contribution is 7.11. The van der Waals surface area contributed by atoms with E-state index in [9.17, 15) is 5.26 Å². The van der Waals surface area contributed by atoms with Gasteiger partial charge in [-0.25, -0.2) is 4.98 Å². The predicted octanol–water partition coefficient (Wildman–Crippen LogP) is 5.42. The Kier molecular flexibility index (Phi) is 5.97. The van der Waals surface area contributed by atoms with Crippen molar-refractivity contribution in [3.63, 3.8) is 0 Å². The molecule has 0 saturated heterocycles. The molecular weight excluding hydrogens is 370 g/mol. The molecule has 142 valence electrons. The van der Waals surface area contributed by atoms with Crippen LogP contribution >= 0.6 is 11.3 Å². The average molecular weight is 391 g/mol. The van der Waals surface area contributed by atoms with Crippen molar-refractivity contribution < 1.29 is 9.47 Å². The Morgan fingerprint density at radius 1 is 1.11 bits per heavy atom. The van der Waals surface area contributed by atoms with Gasteiger partial charge in [0.15, 0.2) is 11.5 Å². The molecule has 3 aromatic rings. The second kappa shape index (κ2) is 8.59. The first-order valence-corrected chi connectivity index (χ1v) is 9.56. The highest BCUT2D eigenvalue weighted by atomic mass is 32.1. The van der Waals surface area contributed by atoms with E-state index in [4.69, 9.17) is 9.47 Å². The Labute approximate surface area is 168 Å². The van der Waals surface area contributed by atoms with Crippen molar-refractivity contribution in [1.82, 2.24) is 4.98 Å². The average Bonchev–Trinajstić information content (AvgIpc) is 3.20. The highest BCUT2D eigenvalue weighted by Gasteiger charge is 2.12. The third-order valence-electron chi connectivity index (χ3n) is 4.30. The van der Waals surface area contributed by atoms with Crippen LogP contribution in [-0.4, -0.2) is 19.2 Å². The lowest BCUT2D eigenvalue weighted by Gasteiger charge is -2.08. The second-order valence-corrected chi connectivity index (χ2v) is 7.10. The number of nitrogens with one attached hydrogen (secondary N) is 1. The fraction of sp³-hybridized carbons (Fsp3) is 0.182. The van der Waals surface area contributed by atoms with Gasteiger partial charge in [0, 0.05) is 22.8 Å². The molecule has 0 fully saturated rings. The van der Waals surface area contributed by atoms with E-state index in [1.54, 1.807) is 20.4 Å². The van der Waals surface area contributed by atoms with Crippen LogP contribution in [0.3, 0.4) is 0 Å². The van der Waals surface area contributed by atoms with Crippen LogP contribution in [0.25, 0.3) is 16.8 Å². The Balaban J connectivity index is 1.87. The van der Waals surface area contributed by atoms with E-state index < -0.39 is 0 Å². The molecule has 0 amide bonds. The van der Waals surface area contributed by atoms with Crippen LogP contribution < -0.4 is 14.8 Å². The van der Waals surface area contributed by atoms with E-state index in [1.165, 1.54) is 11.3 Å². The number of nitriles is 1. The standard InChI is InChI=1S/C22H21N3O2S/c1-14-5-6-15(2)18(9-14)24-12-17(11-23)22-25-19(13-28-22)16-7-8-20(26-3)21(10-16)27-4/h5-10,12-13,24H,1-4H3/b17-12+. The molecule has 28 heavy (non-hydrogen) atoms. The molecule has 0 unspecified atom stereocenters. The van der Waals surface area contributed by atoms with Crippen LogP contribution in [0.4, 0.5) is 5.69 Å². The topological polar surface area (TPSA) is 67.2 Å². The first kappa shape index (κ1) is 19.5. The number of hydrogen-bond donors (Lipinski definition) is 1. The van der Waals surface area contributed by atoms with E-state index in [1.807, 2.05) is 37.4 Å². The molecule has 0 aliphatic carbocycles. The lowest BCUT2D eigenvalue weighted by Crippen LogP contribution is -1.94. The van der Waals surface area contributed by atoms with Crippen molar-refractivity contribution in [2.75, 3.05) is 19.5 Å². The van der Waals surface area contributed by atoms with Crippen molar-refractivity contribution in [2.24, 2.45) is 0 Å². The molecule has 1 heterocycles. The number of ether oxygens (including phenoxy) is 2. The zero-order valence-corrected chi connectivity index (χ0v) is 17.1. The van der Waals surface area contributed by atoms with Crippen molar-refractivity contribution >= 4 is 22.6 Å². The molecule has 6 heteroatoms. The number of aryl methyl sites for hydroxylation is 2. The van der Waals surface area contributed by atoms with E-state index in [0.29, 0.717) is 22.1 Å². The van der Waals surface area contributed by atoms with Crippen molar-refractivity contribution in [3.8, 4) is 28.8 Å². The molecule has 2 aromatic carbocycles. The van der Waals surface area contributed by atoms with Crippen molar-refractivity contribution in [2.45, 2.75) is 13.8 Å². The summed E-state index contributed by atoms with van der Waals surface area (Å²) in [5, 5.41) is 15.4. The summed E-state index contributed by atoms with van der Waals surface area (Å²) in [6, 6.07) is 14.0. The summed E-state index contributed by atoms with van der Waals surface area (Å²) in [6.45, 7) is 4.07. The number of rotatable bonds is 6. The SMILES string of the molecule is COc1ccc(-c2csc(/C(C#N)=C/Nc3cc(C)ccc3C)n2)cc1OC.